The molecule has 0 amide bonds. The predicted molar refractivity (Wildman–Crippen MR) is 89.6 cm³/mol. The number of nitrogens with zero attached hydrogens (tertiary/aromatic N) is 1. The molecule has 1 N–H and O–H groups in total. The van der Waals surface area contributed by atoms with E-state index < -0.39 is 0 Å². The largest absolute Gasteiger partial charge is 0.381 e. The molecule has 3 heteroatoms. The third-order valence-corrected chi connectivity index (χ3v) is 4.68. The minimum absolute atomic E-state index is 0.610. The highest BCUT2D eigenvalue weighted by Crippen LogP contribution is 2.23. The van der Waals surface area contributed by atoms with Crippen molar-refractivity contribution in [3.63, 3.8) is 0 Å². The zero-order valence-corrected chi connectivity index (χ0v) is 13.8. The molecule has 0 aromatic heterocycles. The van der Waals surface area contributed by atoms with Gasteiger partial charge in [0.15, 0.2) is 0 Å². The molecule has 0 spiro atoms. The van der Waals surface area contributed by atoms with Crippen molar-refractivity contribution in [3.05, 3.63) is 24.3 Å². The molecule has 2 fully saturated rings. The Kier molecular flexibility index (Phi) is 7.48. The number of ether oxygens (including phenoxy) is 1. The third-order valence-electron chi connectivity index (χ3n) is 4.68. The topological polar surface area (TPSA) is 24.5 Å². The van der Waals surface area contributed by atoms with Gasteiger partial charge in [0.1, 0.15) is 0 Å². The maximum Gasteiger partial charge on any atom is 0.0480 e. The maximum atomic E-state index is 5.56. The molecule has 2 aliphatic rings. The van der Waals surface area contributed by atoms with Gasteiger partial charge < -0.3 is 10.1 Å². The molecule has 2 saturated heterocycles. The van der Waals surface area contributed by atoms with Gasteiger partial charge in [-0.15, -0.1) is 0 Å². The molecule has 1 atom stereocenters. The molecule has 2 heterocycles. The van der Waals surface area contributed by atoms with Crippen molar-refractivity contribution in [3.8, 4) is 0 Å². The third kappa shape index (κ3) is 5.57. The van der Waals surface area contributed by atoms with E-state index in [1.165, 1.54) is 45.3 Å². The monoisotopic (exact) mass is 292 g/mol. The van der Waals surface area contributed by atoms with Crippen LogP contribution in [0.15, 0.2) is 24.3 Å². The van der Waals surface area contributed by atoms with E-state index in [-0.39, 0.29) is 0 Å². The number of hydrogen-bond acceptors (Lipinski definition) is 3. The molecular formula is C18H32N2O. The normalized spacial score (nSPS) is 24.3. The summed E-state index contributed by atoms with van der Waals surface area (Å²) in [4.78, 5) is 2.80. The van der Waals surface area contributed by atoms with Crippen LogP contribution in [0.3, 0.4) is 0 Å². The van der Waals surface area contributed by atoms with Gasteiger partial charge in [-0.1, -0.05) is 31.2 Å². The molecule has 0 radical (unpaired) electrons. The van der Waals surface area contributed by atoms with Crippen LogP contribution in [0.1, 0.15) is 39.5 Å². The zero-order chi connectivity index (χ0) is 14.9. The first kappa shape index (κ1) is 16.7. The molecule has 2 rings (SSSR count). The van der Waals surface area contributed by atoms with Crippen molar-refractivity contribution >= 4 is 0 Å². The molecular weight excluding hydrogens is 260 g/mol. The first-order valence-electron chi connectivity index (χ1n) is 8.65. The van der Waals surface area contributed by atoms with E-state index in [1.807, 2.05) is 0 Å². The first-order chi connectivity index (χ1) is 10.3. The van der Waals surface area contributed by atoms with Crippen molar-refractivity contribution in [1.82, 2.24) is 10.2 Å². The SMILES string of the molecule is C/C=C\C=C/C(C)CN(C1CCNCC1)C1CCOCC1. The van der Waals surface area contributed by atoms with Crippen LogP contribution >= 0.6 is 0 Å². The van der Waals surface area contributed by atoms with Gasteiger partial charge in [0.2, 0.25) is 0 Å². The Labute approximate surface area is 130 Å². The van der Waals surface area contributed by atoms with Crippen LogP contribution in [0, 0.1) is 5.92 Å². The van der Waals surface area contributed by atoms with Crippen molar-refractivity contribution in [2.75, 3.05) is 32.8 Å². The highest BCUT2D eigenvalue weighted by molar-refractivity contribution is 5.03. The van der Waals surface area contributed by atoms with Crippen molar-refractivity contribution in [2.24, 2.45) is 5.92 Å². The van der Waals surface area contributed by atoms with Crippen LogP contribution in [0.2, 0.25) is 0 Å². The van der Waals surface area contributed by atoms with Crippen LogP contribution in [0.25, 0.3) is 0 Å². The lowest BCUT2D eigenvalue weighted by molar-refractivity contribution is 0.00678. The van der Waals surface area contributed by atoms with Gasteiger partial charge in [-0.25, -0.2) is 0 Å². The van der Waals surface area contributed by atoms with Crippen molar-refractivity contribution < 1.29 is 4.74 Å². The van der Waals surface area contributed by atoms with E-state index in [1.54, 1.807) is 0 Å². The van der Waals surface area contributed by atoms with Gasteiger partial charge in [0, 0.05) is 31.8 Å². The van der Waals surface area contributed by atoms with Crippen LogP contribution in [-0.2, 0) is 4.74 Å². The molecule has 3 nitrogen and oxygen atoms in total. The fourth-order valence-electron chi connectivity index (χ4n) is 3.51. The number of allylic oxidation sites excluding steroid dienone is 3. The van der Waals surface area contributed by atoms with Crippen LogP contribution in [0.5, 0.6) is 0 Å². The summed E-state index contributed by atoms with van der Waals surface area (Å²) < 4.78 is 5.56. The minimum atomic E-state index is 0.610. The first-order valence-corrected chi connectivity index (χ1v) is 8.65. The molecule has 0 aromatic rings. The lowest BCUT2D eigenvalue weighted by Crippen LogP contribution is -2.51. The minimum Gasteiger partial charge on any atom is -0.381 e. The average Bonchev–Trinajstić information content (AvgIpc) is 2.54. The van der Waals surface area contributed by atoms with Gasteiger partial charge in [-0.05, 0) is 51.6 Å². The summed E-state index contributed by atoms with van der Waals surface area (Å²) >= 11 is 0. The maximum absolute atomic E-state index is 5.56. The summed E-state index contributed by atoms with van der Waals surface area (Å²) in [6, 6.07) is 1.48. The van der Waals surface area contributed by atoms with E-state index in [0.29, 0.717) is 5.92 Å². The Morgan fingerprint density at radius 3 is 2.43 bits per heavy atom. The molecule has 0 aromatic carbocycles. The summed E-state index contributed by atoms with van der Waals surface area (Å²) in [5.41, 5.74) is 0. The molecule has 0 aliphatic carbocycles. The predicted octanol–water partition coefficient (Wildman–Crippen LogP) is 2.99. The zero-order valence-electron chi connectivity index (χ0n) is 13.8. The van der Waals surface area contributed by atoms with E-state index in [0.717, 1.165) is 25.3 Å². The number of nitrogens with one attached hydrogen (secondary N) is 1. The van der Waals surface area contributed by atoms with Crippen LogP contribution in [-0.4, -0.2) is 49.8 Å². The second kappa shape index (κ2) is 9.39. The van der Waals surface area contributed by atoms with E-state index >= 15 is 0 Å². The average molecular weight is 292 g/mol. The Hall–Kier alpha value is -0.640. The summed E-state index contributed by atoms with van der Waals surface area (Å²) in [7, 11) is 0. The fourth-order valence-corrected chi connectivity index (χ4v) is 3.51. The quantitative estimate of drug-likeness (QED) is 0.762. The molecule has 1 unspecified atom stereocenters. The van der Waals surface area contributed by atoms with Crippen LogP contribution < -0.4 is 5.32 Å². The molecule has 0 bridgehead atoms. The number of hydrogen-bond donors (Lipinski definition) is 1. The number of rotatable bonds is 6. The lowest BCUT2D eigenvalue weighted by Gasteiger charge is -2.42. The summed E-state index contributed by atoms with van der Waals surface area (Å²) in [6.07, 6.45) is 13.7. The van der Waals surface area contributed by atoms with Crippen molar-refractivity contribution in [1.29, 1.82) is 0 Å². The van der Waals surface area contributed by atoms with E-state index in [4.69, 9.17) is 4.74 Å². The van der Waals surface area contributed by atoms with E-state index in [9.17, 15) is 0 Å². The van der Waals surface area contributed by atoms with E-state index in [2.05, 4.69) is 48.4 Å². The molecule has 0 saturated carbocycles. The van der Waals surface area contributed by atoms with Gasteiger partial charge in [-0.3, -0.25) is 4.90 Å². The lowest BCUT2D eigenvalue weighted by atomic mass is 9.96. The van der Waals surface area contributed by atoms with Gasteiger partial charge >= 0.3 is 0 Å². The van der Waals surface area contributed by atoms with Crippen molar-refractivity contribution in [2.45, 2.75) is 51.6 Å². The standard InChI is InChI=1S/C18H32N2O/c1-3-4-5-6-16(2)15-20(17-7-11-19-12-8-17)18-9-13-21-14-10-18/h3-6,16-19H,7-15H2,1-2H3/b4-3-,6-5-. The summed E-state index contributed by atoms with van der Waals surface area (Å²) in [5, 5.41) is 3.49. The summed E-state index contributed by atoms with van der Waals surface area (Å²) in [6.45, 7) is 9.82. The molecule has 2 aliphatic heterocycles. The molecule has 21 heavy (non-hydrogen) atoms. The number of piperidine rings is 1. The Morgan fingerprint density at radius 1 is 1.10 bits per heavy atom. The Bertz CT molecular complexity index is 310. The van der Waals surface area contributed by atoms with Gasteiger partial charge in [0.25, 0.3) is 0 Å². The smallest absolute Gasteiger partial charge is 0.0480 e. The molecule has 120 valence electrons. The highest BCUT2D eigenvalue weighted by atomic mass is 16.5. The second-order valence-corrected chi connectivity index (χ2v) is 6.41. The Balaban J connectivity index is 1.96. The van der Waals surface area contributed by atoms with Gasteiger partial charge in [-0.2, -0.15) is 0 Å². The Morgan fingerprint density at radius 2 is 1.76 bits per heavy atom. The van der Waals surface area contributed by atoms with Crippen LogP contribution in [0.4, 0.5) is 0 Å². The highest BCUT2D eigenvalue weighted by Gasteiger charge is 2.29. The summed E-state index contributed by atoms with van der Waals surface area (Å²) in [5.74, 6) is 0.610. The second-order valence-electron chi connectivity index (χ2n) is 6.41. The van der Waals surface area contributed by atoms with Gasteiger partial charge in [0.05, 0.1) is 0 Å². The fraction of sp³-hybridized carbons (Fsp3) is 0.778.